The second-order valence-corrected chi connectivity index (χ2v) is 4.57. The molecule has 0 radical (unpaired) electrons. The molecule has 7 heteroatoms. The number of unbranched alkanes of at least 4 members (excludes halogenated alkanes) is 2. The van der Waals surface area contributed by atoms with E-state index in [-0.39, 0.29) is 12.0 Å². The van der Waals surface area contributed by atoms with Crippen molar-refractivity contribution < 1.29 is 9.47 Å². The second-order valence-electron chi connectivity index (χ2n) is 3.78. The summed E-state index contributed by atoms with van der Waals surface area (Å²) in [5.74, 6) is 0.567. The molecule has 0 saturated carbocycles. The van der Waals surface area contributed by atoms with Crippen LogP contribution in [-0.4, -0.2) is 48.1 Å². The van der Waals surface area contributed by atoms with E-state index in [1.807, 2.05) is 11.9 Å². The smallest absolute Gasteiger partial charge is 0.324 e. The van der Waals surface area contributed by atoms with E-state index in [0.29, 0.717) is 5.95 Å². The number of alkyl halides is 1. The largest absolute Gasteiger partial charge is 0.467 e. The van der Waals surface area contributed by atoms with Crippen molar-refractivity contribution in [2.75, 3.05) is 38.0 Å². The summed E-state index contributed by atoms with van der Waals surface area (Å²) in [5.41, 5.74) is 0. The number of halogens is 1. The zero-order valence-electron chi connectivity index (χ0n) is 11.0. The molecule has 0 saturated heterocycles. The van der Waals surface area contributed by atoms with Crippen molar-refractivity contribution >= 4 is 21.9 Å². The quantitative estimate of drug-likeness (QED) is 0.539. The van der Waals surface area contributed by atoms with Crippen LogP contribution in [0, 0.1) is 0 Å². The molecule has 102 valence electrons. The van der Waals surface area contributed by atoms with Gasteiger partial charge < -0.3 is 14.4 Å². The van der Waals surface area contributed by atoms with E-state index >= 15 is 0 Å². The van der Waals surface area contributed by atoms with Crippen LogP contribution in [0.4, 0.5) is 5.95 Å². The summed E-state index contributed by atoms with van der Waals surface area (Å²) in [6, 6.07) is 0.535. The van der Waals surface area contributed by atoms with E-state index in [9.17, 15) is 0 Å². The maximum Gasteiger partial charge on any atom is 0.324 e. The van der Waals surface area contributed by atoms with Gasteiger partial charge in [0, 0.05) is 18.9 Å². The highest BCUT2D eigenvalue weighted by atomic mass is 79.9. The van der Waals surface area contributed by atoms with E-state index < -0.39 is 0 Å². The minimum absolute atomic E-state index is 0.268. The van der Waals surface area contributed by atoms with Gasteiger partial charge in [0.2, 0.25) is 5.95 Å². The van der Waals surface area contributed by atoms with E-state index in [1.165, 1.54) is 27.1 Å². The highest BCUT2D eigenvalue weighted by molar-refractivity contribution is 9.09. The van der Waals surface area contributed by atoms with E-state index in [1.54, 1.807) is 0 Å². The molecule has 0 aromatic carbocycles. The molecule has 0 unspecified atom stereocenters. The SMILES string of the molecule is COc1nc(OC)nc(N(C)CCCCCBr)n1. The lowest BCUT2D eigenvalue weighted by Gasteiger charge is -2.17. The fraction of sp³-hybridized carbons (Fsp3) is 0.727. The Morgan fingerprint density at radius 1 is 1.00 bits per heavy atom. The molecule has 1 rings (SSSR count). The first-order valence-corrected chi connectivity index (χ1v) is 6.94. The van der Waals surface area contributed by atoms with Crippen molar-refractivity contribution in [2.45, 2.75) is 19.3 Å². The van der Waals surface area contributed by atoms with Gasteiger partial charge in [-0.1, -0.05) is 22.4 Å². The third-order valence-corrected chi connectivity index (χ3v) is 2.98. The van der Waals surface area contributed by atoms with Crippen molar-refractivity contribution in [1.82, 2.24) is 15.0 Å². The van der Waals surface area contributed by atoms with Gasteiger partial charge in [-0.15, -0.1) is 4.98 Å². The van der Waals surface area contributed by atoms with Gasteiger partial charge in [0.05, 0.1) is 14.2 Å². The van der Waals surface area contributed by atoms with Gasteiger partial charge >= 0.3 is 12.0 Å². The van der Waals surface area contributed by atoms with Crippen LogP contribution in [0.5, 0.6) is 12.0 Å². The van der Waals surface area contributed by atoms with Crippen molar-refractivity contribution in [3.63, 3.8) is 0 Å². The van der Waals surface area contributed by atoms with Crippen molar-refractivity contribution in [2.24, 2.45) is 0 Å². The molecule has 0 N–H and O–H groups in total. The molecule has 1 aromatic rings. The molecule has 0 spiro atoms. The van der Waals surface area contributed by atoms with Crippen molar-refractivity contribution in [3.05, 3.63) is 0 Å². The summed E-state index contributed by atoms with van der Waals surface area (Å²) >= 11 is 3.42. The molecule has 0 bridgehead atoms. The molecular weight excluding hydrogens is 300 g/mol. The second kappa shape index (κ2) is 8.07. The topological polar surface area (TPSA) is 60.4 Å². The van der Waals surface area contributed by atoms with Crippen LogP contribution >= 0.6 is 15.9 Å². The lowest BCUT2D eigenvalue weighted by atomic mass is 10.2. The first-order valence-electron chi connectivity index (χ1n) is 5.82. The Balaban J connectivity index is 2.63. The monoisotopic (exact) mass is 318 g/mol. The lowest BCUT2D eigenvalue weighted by molar-refractivity contribution is 0.340. The summed E-state index contributed by atoms with van der Waals surface area (Å²) in [7, 11) is 4.99. The van der Waals surface area contributed by atoms with E-state index in [0.717, 1.165) is 18.3 Å². The number of ether oxygens (including phenoxy) is 2. The van der Waals surface area contributed by atoms with Gasteiger partial charge in [0.15, 0.2) is 0 Å². The number of nitrogens with zero attached hydrogens (tertiary/aromatic N) is 4. The van der Waals surface area contributed by atoms with Crippen LogP contribution in [0.1, 0.15) is 19.3 Å². The average molecular weight is 319 g/mol. The Labute approximate surface area is 116 Å². The third kappa shape index (κ3) is 4.64. The third-order valence-electron chi connectivity index (χ3n) is 2.42. The van der Waals surface area contributed by atoms with Crippen LogP contribution in [0.2, 0.25) is 0 Å². The van der Waals surface area contributed by atoms with E-state index in [4.69, 9.17) is 9.47 Å². The van der Waals surface area contributed by atoms with Crippen LogP contribution in [0.3, 0.4) is 0 Å². The van der Waals surface area contributed by atoms with Crippen LogP contribution in [-0.2, 0) is 0 Å². The van der Waals surface area contributed by atoms with E-state index in [2.05, 4.69) is 30.9 Å². The maximum absolute atomic E-state index is 5.02. The lowest BCUT2D eigenvalue weighted by Crippen LogP contribution is -2.21. The first-order chi connectivity index (χ1) is 8.71. The molecule has 18 heavy (non-hydrogen) atoms. The summed E-state index contributed by atoms with van der Waals surface area (Å²) in [5, 5.41) is 1.05. The molecular formula is C11H19BrN4O2. The summed E-state index contributed by atoms with van der Waals surface area (Å²) < 4.78 is 10.0. The molecule has 1 heterocycles. The van der Waals surface area contributed by atoms with Gasteiger partial charge in [-0.2, -0.15) is 9.97 Å². The fourth-order valence-corrected chi connectivity index (χ4v) is 1.80. The summed E-state index contributed by atoms with van der Waals surface area (Å²) in [6.45, 7) is 0.892. The maximum atomic E-state index is 5.02. The predicted octanol–water partition coefficient (Wildman–Crippen LogP) is 1.89. The predicted molar refractivity (Wildman–Crippen MR) is 73.8 cm³/mol. The van der Waals surface area contributed by atoms with Crippen LogP contribution in [0.15, 0.2) is 0 Å². The standard InChI is InChI=1S/C11H19BrN4O2/c1-16(8-6-4-5-7-12)9-13-10(17-2)15-11(14-9)18-3/h4-8H2,1-3H3. The molecule has 6 nitrogen and oxygen atoms in total. The minimum atomic E-state index is 0.268. The molecule has 0 amide bonds. The molecule has 1 aromatic heterocycles. The van der Waals surface area contributed by atoms with Crippen LogP contribution in [0.25, 0.3) is 0 Å². The number of anilines is 1. The van der Waals surface area contributed by atoms with Gasteiger partial charge in [-0.25, -0.2) is 0 Å². The zero-order chi connectivity index (χ0) is 13.4. The summed E-state index contributed by atoms with van der Waals surface area (Å²) in [4.78, 5) is 14.3. The molecule has 0 fully saturated rings. The van der Waals surface area contributed by atoms with Crippen molar-refractivity contribution in [3.8, 4) is 12.0 Å². The number of hydrogen-bond donors (Lipinski definition) is 0. The van der Waals surface area contributed by atoms with Crippen molar-refractivity contribution in [1.29, 1.82) is 0 Å². The van der Waals surface area contributed by atoms with Gasteiger partial charge in [0.25, 0.3) is 0 Å². The van der Waals surface area contributed by atoms with Gasteiger partial charge in [0.1, 0.15) is 0 Å². The minimum Gasteiger partial charge on any atom is -0.467 e. The first kappa shape index (κ1) is 14.9. The normalized spacial score (nSPS) is 10.2. The molecule has 0 atom stereocenters. The highest BCUT2D eigenvalue weighted by Gasteiger charge is 2.10. The number of hydrogen-bond acceptors (Lipinski definition) is 6. The number of aromatic nitrogens is 3. The Bertz CT molecular complexity index is 343. The van der Waals surface area contributed by atoms with Crippen LogP contribution < -0.4 is 14.4 Å². The Hall–Kier alpha value is -1.11. The Morgan fingerprint density at radius 2 is 1.61 bits per heavy atom. The fourth-order valence-electron chi connectivity index (χ4n) is 1.40. The zero-order valence-corrected chi connectivity index (χ0v) is 12.6. The molecule has 0 aliphatic carbocycles. The number of rotatable bonds is 8. The summed E-state index contributed by atoms with van der Waals surface area (Å²) in [6.07, 6.45) is 3.45. The average Bonchev–Trinajstić information content (AvgIpc) is 2.42. The van der Waals surface area contributed by atoms with Gasteiger partial charge in [-0.05, 0) is 12.8 Å². The number of methoxy groups -OCH3 is 2. The Kier molecular flexibility index (Phi) is 6.70. The highest BCUT2D eigenvalue weighted by Crippen LogP contribution is 2.15. The Morgan fingerprint density at radius 3 is 2.11 bits per heavy atom. The molecule has 0 aliphatic heterocycles. The molecule has 0 aliphatic rings. The van der Waals surface area contributed by atoms with Gasteiger partial charge in [-0.3, -0.25) is 0 Å².